The van der Waals surface area contributed by atoms with E-state index in [1.807, 2.05) is 0 Å². The molecular formula is C16H9Cl3FN3OS. The van der Waals surface area contributed by atoms with Crippen molar-refractivity contribution in [3.63, 3.8) is 0 Å². The minimum absolute atomic E-state index is 0.183. The zero-order valence-corrected chi connectivity index (χ0v) is 15.5. The molecule has 1 N–H and O–H groups in total. The molecule has 1 aromatic heterocycles. The van der Waals surface area contributed by atoms with Crippen LogP contribution in [0.25, 0.3) is 0 Å². The molecule has 0 unspecified atom stereocenters. The summed E-state index contributed by atoms with van der Waals surface area (Å²) in [7, 11) is 0. The molecule has 0 fully saturated rings. The van der Waals surface area contributed by atoms with Crippen LogP contribution in [-0.4, -0.2) is 16.1 Å². The Labute approximate surface area is 161 Å². The first-order valence-corrected chi connectivity index (χ1v) is 8.90. The van der Waals surface area contributed by atoms with E-state index < -0.39 is 11.7 Å². The van der Waals surface area contributed by atoms with Gasteiger partial charge in [-0.3, -0.25) is 10.1 Å². The predicted octanol–water partition coefficient (Wildman–Crippen LogP) is 5.48. The maximum atomic E-state index is 13.8. The Balaban J connectivity index is 1.74. The normalized spacial score (nSPS) is 10.7. The van der Waals surface area contributed by atoms with Crippen LogP contribution >= 0.6 is 46.1 Å². The van der Waals surface area contributed by atoms with Gasteiger partial charge >= 0.3 is 0 Å². The number of aromatic nitrogens is 2. The first kappa shape index (κ1) is 18.1. The van der Waals surface area contributed by atoms with Gasteiger partial charge in [-0.2, -0.15) is 0 Å². The minimum atomic E-state index is -0.420. The molecule has 0 spiro atoms. The molecular weight excluding hydrogens is 408 g/mol. The Hall–Kier alpha value is -1.73. The summed E-state index contributed by atoms with van der Waals surface area (Å²) < 4.78 is 13.8. The summed E-state index contributed by atoms with van der Waals surface area (Å²) in [6.07, 6.45) is 0.183. The van der Waals surface area contributed by atoms with Crippen LogP contribution in [0.2, 0.25) is 15.1 Å². The molecule has 0 saturated heterocycles. The van der Waals surface area contributed by atoms with E-state index >= 15 is 0 Å². The van der Waals surface area contributed by atoms with E-state index in [2.05, 4.69) is 15.5 Å². The summed E-state index contributed by atoms with van der Waals surface area (Å²) >= 11 is 18.9. The number of halogens is 4. The third-order valence-corrected chi connectivity index (χ3v) is 4.83. The third kappa shape index (κ3) is 4.46. The van der Waals surface area contributed by atoms with Crippen molar-refractivity contribution >= 4 is 57.2 Å². The highest BCUT2D eigenvalue weighted by atomic mass is 35.5. The number of carbonyl (C=O) groups is 1. The number of hydrogen-bond donors (Lipinski definition) is 1. The van der Waals surface area contributed by atoms with Crippen molar-refractivity contribution in [3.8, 4) is 0 Å². The molecule has 3 rings (SSSR count). The van der Waals surface area contributed by atoms with Gasteiger partial charge in [-0.25, -0.2) is 4.39 Å². The smallest absolute Gasteiger partial charge is 0.257 e. The van der Waals surface area contributed by atoms with E-state index in [-0.39, 0.29) is 11.6 Å². The van der Waals surface area contributed by atoms with Gasteiger partial charge in [-0.1, -0.05) is 52.2 Å². The predicted molar refractivity (Wildman–Crippen MR) is 98.5 cm³/mol. The summed E-state index contributed by atoms with van der Waals surface area (Å²) in [5.41, 5.74) is 0.631. The van der Waals surface area contributed by atoms with E-state index in [1.165, 1.54) is 30.3 Å². The van der Waals surface area contributed by atoms with Crippen molar-refractivity contribution in [2.24, 2.45) is 0 Å². The summed E-state index contributed by atoms with van der Waals surface area (Å²) in [6.45, 7) is 0. The molecule has 3 aromatic rings. The molecule has 0 atom stereocenters. The monoisotopic (exact) mass is 415 g/mol. The Morgan fingerprint density at radius 1 is 1.12 bits per heavy atom. The second-order valence-corrected chi connectivity index (χ2v) is 7.33. The van der Waals surface area contributed by atoms with Crippen molar-refractivity contribution in [3.05, 3.63) is 73.4 Å². The molecule has 2 aromatic carbocycles. The number of anilines is 1. The van der Waals surface area contributed by atoms with Gasteiger partial charge in [0.2, 0.25) is 5.13 Å². The Bertz CT molecular complexity index is 908. The van der Waals surface area contributed by atoms with Gasteiger partial charge in [-0.05, 0) is 30.3 Å². The molecule has 0 radical (unpaired) electrons. The zero-order chi connectivity index (χ0) is 18.0. The number of nitrogens with zero attached hydrogens (tertiary/aromatic N) is 2. The fourth-order valence-electron chi connectivity index (χ4n) is 2.08. The summed E-state index contributed by atoms with van der Waals surface area (Å²) in [4.78, 5) is 12.2. The standard InChI is InChI=1S/C16H9Cl3FN3OS/c17-9-4-8(5-10(18)6-9)15(24)21-16-23-22-14(25-16)7-11-12(19)2-1-3-13(11)20/h1-6H,7H2,(H,21,23,24). The fourth-order valence-corrected chi connectivity index (χ4v) is 3.58. The highest BCUT2D eigenvalue weighted by molar-refractivity contribution is 7.15. The fraction of sp³-hybridized carbons (Fsp3) is 0.0625. The number of carbonyl (C=O) groups excluding carboxylic acids is 1. The highest BCUT2D eigenvalue weighted by Gasteiger charge is 2.14. The van der Waals surface area contributed by atoms with E-state index in [1.54, 1.807) is 6.07 Å². The topological polar surface area (TPSA) is 54.9 Å². The molecule has 0 bridgehead atoms. The molecule has 0 aliphatic rings. The van der Waals surface area contributed by atoms with E-state index in [9.17, 15) is 9.18 Å². The Kier molecular flexibility index (Phi) is 5.54. The molecule has 25 heavy (non-hydrogen) atoms. The van der Waals surface area contributed by atoms with E-state index in [0.29, 0.717) is 31.2 Å². The quantitative estimate of drug-likeness (QED) is 0.612. The van der Waals surface area contributed by atoms with Crippen molar-refractivity contribution in [1.29, 1.82) is 0 Å². The number of benzene rings is 2. The second kappa shape index (κ2) is 7.66. The van der Waals surface area contributed by atoms with Gasteiger partial charge in [0.1, 0.15) is 10.8 Å². The Morgan fingerprint density at radius 2 is 1.84 bits per heavy atom. The average molecular weight is 417 g/mol. The van der Waals surface area contributed by atoms with Crippen LogP contribution in [0.1, 0.15) is 20.9 Å². The first-order chi connectivity index (χ1) is 11.9. The van der Waals surface area contributed by atoms with Crippen LogP contribution in [0.5, 0.6) is 0 Å². The molecule has 4 nitrogen and oxygen atoms in total. The summed E-state index contributed by atoms with van der Waals surface area (Å²) in [5, 5.41) is 12.3. The number of rotatable bonds is 4. The lowest BCUT2D eigenvalue weighted by atomic mass is 10.1. The Morgan fingerprint density at radius 3 is 2.52 bits per heavy atom. The van der Waals surface area contributed by atoms with Gasteiger partial charge in [-0.15, -0.1) is 10.2 Å². The lowest BCUT2D eigenvalue weighted by molar-refractivity contribution is 0.102. The van der Waals surface area contributed by atoms with Crippen molar-refractivity contribution in [1.82, 2.24) is 10.2 Å². The maximum Gasteiger partial charge on any atom is 0.257 e. The molecule has 0 aliphatic carbocycles. The van der Waals surface area contributed by atoms with Crippen LogP contribution in [0, 0.1) is 5.82 Å². The zero-order valence-electron chi connectivity index (χ0n) is 12.4. The molecule has 9 heteroatoms. The molecule has 1 amide bonds. The van der Waals surface area contributed by atoms with Crippen molar-refractivity contribution < 1.29 is 9.18 Å². The highest BCUT2D eigenvalue weighted by Crippen LogP contribution is 2.26. The largest absolute Gasteiger partial charge is 0.296 e. The van der Waals surface area contributed by atoms with Crippen LogP contribution in [0.4, 0.5) is 9.52 Å². The summed E-state index contributed by atoms with van der Waals surface area (Å²) in [6, 6.07) is 8.97. The van der Waals surface area contributed by atoms with Crippen LogP contribution < -0.4 is 5.32 Å². The van der Waals surface area contributed by atoms with Crippen molar-refractivity contribution in [2.75, 3.05) is 5.32 Å². The number of amides is 1. The third-order valence-electron chi connectivity index (χ3n) is 3.20. The van der Waals surface area contributed by atoms with Crippen LogP contribution in [0.15, 0.2) is 36.4 Å². The molecule has 128 valence electrons. The lowest BCUT2D eigenvalue weighted by Crippen LogP contribution is -2.11. The molecule has 0 aliphatic heterocycles. The SMILES string of the molecule is O=C(Nc1nnc(Cc2c(F)cccc2Cl)s1)c1cc(Cl)cc(Cl)c1. The number of nitrogens with one attached hydrogen (secondary N) is 1. The number of hydrogen-bond acceptors (Lipinski definition) is 4. The second-order valence-electron chi connectivity index (χ2n) is 4.99. The van der Waals surface area contributed by atoms with Gasteiger partial charge < -0.3 is 0 Å². The van der Waals surface area contributed by atoms with Gasteiger partial charge in [0.05, 0.1) is 0 Å². The van der Waals surface area contributed by atoms with Gasteiger partial charge in [0, 0.05) is 32.6 Å². The van der Waals surface area contributed by atoms with Crippen molar-refractivity contribution in [2.45, 2.75) is 6.42 Å². The van der Waals surface area contributed by atoms with E-state index in [0.717, 1.165) is 11.3 Å². The van der Waals surface area contributed by atoms with Crippen LogP contribution in [0.3, 0.4) is 0 Å². The maximum absolute atomic E-state index is 13.8. The molecule has 0 saturated carbocycles. The van der Waals surface area contributed by atoms with Gasteiger partial charge in [0.25, 0.3) is 5.91 Å². The minimum Gasteiger partial charge on any atom is -0.296 e. The van der Waals surface area contributed by atoms with Gasteiger partial charge in [0.15, 0.2) is 0 Å². The first-order valence-electron chi connectivity index (χ1n) is 6.95. The lowest BCUT2D eigenvalue weighted by Gasteiger charge is -2.03. The van der Waals surface area contributed by atoms with E-state index in [4.69, 9.17) is 34.8 Å². The molecule has 1 heterocycles. The average Bonchev–Trinajstić information content (AvgIpc) is 2.97. The van der Waals surface area contributed by atoms with Crippen LogP contribution in [-0.2, 0) is 6.42 Å². The summed E-state index contributed by atoms with van der Waals surface area (Å²) in [5.74, 6) is -0.835.